The van der Waals surface area contributed by atoms with Crippen molar-refractivity contribution in [2.45, 2.75) is 19.5 Å². The molecule has 1 aromatic carbocycles. The maximum absolute atomic E-state index is 12.8. The quantitative estimate of drug-likeness (QED) is 0.376. The van der Waals surface area contributed by atoms with E-state index in [1.165, 1.54) is 17.5 Å². The van der Waals surface area contributed by atoms with Crippen LogP contribution in [-0.2, 0) is 24.2 Å². The number of nitriles is 1. The van der Waals surface area contributed by atoms with Crippen LogP contribution in [0.5, 0.6) is 5.75 Å². The second-order valence-corrected chi connectivity index (χ2v) is 9.04. The average Bonchev–Trinajstić information content (AvgIpc) is 3.50. The van der Waals surface area contributed by atoms with E-state index in [9.17, 15) is 14.9 Å². The lowest BCUT2D eigenvalue weighted by atomic mass is 10.0. The fraction of sp³-hybridized carbons (Fsp3) is 0.333. The van der Waals surface area contributed by atoms with Gasteiger partial charge in [-0.1, -0.05) is 0 Å². The highest BCUT2D eigenvalue weighted by Crippen LogP contribution is 2.37. The minimum absolute atomic E-state index is 0.0517. The van der Waals surface area contributed by atoms with Crippen LogP contribution in [0.25, 0.3) is 0 Å². The first kappa shape index (κ1) is 25.2. The van der Waals surface area contributed by atoms with Gasteiger partial charge in [-0.15, -0.1) is 11.3 Å². The number of aliphatic hydroxyl groups excluding tert-OH is 1. The first-order valence-corrected chi connectivity index (χ1v) is 12.1. The second kappa shape index (κ2) is 11.7. The molecule has 3 amide bonds. The number of methoxy groups -OCH3 is 1. The van der Waals surface area contributed by atoms with Crippen molar-refractivity contribution in [3.05, 3.63) is 58.2 Å². The molecule has 1 aliphatic heterocycles. The van der Waals surface area contributed by atoms with Gasteiger partial charge < -0.3 is 30.1 Å². The monoisotopic (exact) mass is 510 g/mol. The van der Waals surface area contributed by atoms with E-state index < -0.39 is 0 Å². The minimum Gasteiger partial charge on any atom is -0.497 e. The molecule has 0 saturated carbocycles. The third-order valence-corrected chi connectivity index (χ3v) is 6.75. The molecule has 36 heavy (non-hydrogen) atoms. The van der Waals surface area contributed by atoms with Gasteiger partial charge in [-0.05, 0) is 36.2 Å². The Labute approximate surface area is 211 Å². The van der Waals surface area contributed by atoms with E-state index in [4.69, 9.17) is 14.6 Å². The molecule has 0 atom stereocenters. The summed E-state index contributed by atoms with van der Waals surface area (Å²) in [5.41, 5.74) is 2.31. The van der Waals surface area contributed by atoms with Crippen molar-refractivity contribution in [2.75, 3.05) is 44.1 Å². The average molecular weight is 511 g/mol. The number of rotatable bonds is 9. The molecule has 0 fully saturated rings. The number of hydrogen-bond donors (Lipinski definition) is 3. The maximum atomic E-state index is 12.8. The van der Waals surface area contributed by atoms with Crippen molar-refractivity contribution in [1.29, 1.82) is 5.26 Å². The number of carbonyl (C=O) groups is 2. The molecule has 3 N–H and O–H groups in total. The number of aromatic nitrogens is 2. The molecule has 3 heterocycles. The van der Waals surface area contributed by atoms with Gasteiger partial charge in [0.25, 0.3) is 5.91 Å². The number of hydrogen-bond acceptors (Lipinski definition) is 8. The second-order valence-electron chi connectivity index (χ2n) is 7.93. The van der Waals surface area contributed by atoms with E-state index in [-0.39, 0.29) is 25.2 Å². The zero-order valence-corrected chi connectivity index (χ0v) is 20.5. The van der Waals surface area contributed by atoms with Crippen molar-refractivity contribution >= 4 is 34.0 Å². The van der Waals surface area contributed by atoms with Gasteiger partial charge in [0.2, 0.25) is 0 Å². The van der Waals surface area contributed by atoms with Crippen LogP contribution in [-0.4, -0.2) is 65.2 Å². The number of fused-ring (bicyclic) bond motifs is 1. The molecular weight excluding hydrogens is 484 g/mol. The van der Waals surface area contributed by atoms with Crippen molar-refractivity contribution < 1.29 is 24.2 Å². The Kier molecular flexibility index (Phi) is 8.17. The number of nitrogens with one attached hydrogen (secondary N) is 2. The zero-order valence-electron chi connectivity index (χ0n) is 19.7. The van der Waals surface area contributed by atoms with Gasteiger partial charge >= 0.3 is 6.03 Å². The van der Waals surface area contributed by atoms with Gasteiger partial charge in [-0.3, -0.25) is 9.48 Å². The van der Waals surface area contributed by atoms with Crippen LogP contribution in [0.3, 0.4) is 0 Å². The third kappa shape index (κ3) is 5.83. The highest BCUT2D eigenvalue weighted by Gasteiger charge is 2.28. The third-order valence-electron chi connectivity index (χ3n) is 5.62. The number of benzene rings is 1. The van der Waals surface area contributed by atoms with E-state index in [0.29, 0.717) is 60.2 Å². The Bertz CT molecular complexity index is 1260. The molecule has 0 spiro atoms. The normalized spacial score (nSPS) is 12.5. The Morgan fingerprint density at radius 3 is 2.78 bits per heavy atom. The summed E-state index contributed by atoms with van der Waals surface area (Å²) in [7, 11) is 1.58. The minimum atomic E-state index is -0.373. The molecule has 1 aliphatic rings. The Morgan fingerprint density at radius 1 is 1.25 bits per heavy atom. The molecule has 0 aliphatic carbocycles. The topological polar surface area (TPSA) is 142 Å². The zero-order chi connectivity index (χ0) is 25.5. The summed E-state index contributed by atoms with van der Waals surface area (Å²) in [5, 5.41) is 28.8. The molecule has 0 radical (unpaired) electrons. The lowest BCUT2D eigenvalue weighted by molar-refractivity contribution is 0.0853. The Balaban J connectivity index is 1.40. The molecule has 0 bridgehead atoms. The molecule has 0 unspecified atom stereocenters. The smallest absolute Gasteiger partial charge is 0.322 e. The van der Waals surface area contributed by atoms with Crippen LogP contribution in [0.15, 0.2) is 36.7 Å². The largest absolute Gasteiger partial charge is 0.497 e. The lowest BCUT2D eigenvalue weighted by Crippen LogP contribution is -2.38. The summed E-state index contributed by atoms with van der Waals surface area (Å²) in [5.74, 6) is 0.328. The first-order chi connectivity index (χ1) is 17.5. The van der Waals surface area contributed by atoms with Gasteiger partial charge in [0.15, 0.2) is 0 Å². The fourth-order valence-electron chi connectivity index (χ4n) is 3.76. The van der Waals surface area contributed by atoms with Gasteiger partial charge in [-0.2, -0.15) is 10.4 Å². The van der Waals surface area contributed by atoms with E-state index in [1.807, 2.05) is 0 Å². The highest BCUT2D eigenvalue weighted by atomic mass is 32.1. The number of aliphatic hydroxyl groups is 1. The lowest BCUT2D eigenvalue weighted by Gasteiger charge is -2.27. The number of nitrogens with zero attached hydrogens (tertiary/aromatic N) is 4. The molecule has 188 valence electrons. The van der Waals surface area contributed by atoms with Crippen LogP contribution < -0.4 is 15.4 Å². The summed E-state index contributed by atoms with van der Waals surface area (Å²) < 4.78 is 11.9. The number of thiophene rings is 1. The molecule has 0 saturated heterocycles. The molecule has 11 nitrogen and oxygen atoms in total. The van der Waals surface area contributed by atoms with E-state index in [2.05, 4.69) is 21.8 Å². The SMILES string of the molecule is COc1ccc(NC(=O)N2CCc3c(sc(NC(=O)c4cnn(CCOCCO)c4)c3C#N)C2)cc1. The summed E-state index contributed by atoms with van der Waals surface area (Å²) in [6, 6.07) is 9.04. The van der Waals surface area contributed by atoms with Crippen molar-refractivity contribution in [3.8, 4) is 11.8 Å². The predicted molar refractivity (Wildman–Crippen MR) is 133 cm³/mol. The van der Waals surface area contributed by atoms with Crippen molar-refractivity contribution in [3.63, 3.8) is 0 Å². The van der Waals surface area contributed by atoms with Gasteiger partial charge in [-0.25, -0.2) is 4.79 Å². The molecular formula is C24H26N6O5S. The van der Waals surface area contributed by atoms with Crippen molar-refractivity contribution in [2.24, 2.45) is 0 Å². The molecule has 12 heteroatoms. The van der Waals surface area contributed by atoms with Gasteiger partial charge in [0.1, 0.15) is 16.8 Å². The van der Waals surface area contributed by atoms with Crippen LogP contribution in [0.2, 0.25) is 0 Å². The molecule has 4 rings (SSSR count). The number of ether oxygens (including phenoxy) is 2. The van der Waals surface area contributed by atoms with Crippen molar-refractivity contribution in [1.82, 2.24) is 14.7 Å². The Hall–Kier alpha value is -3.92. The number of carbonyl (C=O) groups excluding carboxylic acids is 2. The van der Waals surface area contributed by atoms with E-state index >= 15 is 0 Å². The van der Waals surface area contributed by atoms with E-state index in [0.717, 1.165) is 10.4 Å². The van der Waals surface area contributed by atoms with E-state index in [1.54, 1.807) is 47.2 Å². The fourth-order valence-corrected chi connectivity index (χ4v) is 4.97. The maximum Gasteiger partial charge on any atom is 0.322 e. The predicted octanol–water partition coefficient (Wildman–Crippen LogP) is 2.68. The molecule has 2 aromatic heterocycles. The van der Waals surface area contributed by atoms with Gasteiger partial charge in [0.05, 0.1) is 57.3 Å². The van der Waals surface area contributed by atoms with Crippen LogP contribution >= 0.6 is 11.3 Å². The number of urea groups is 1. The van der Waals surface area contributed by atoms with Crippen LogP contribution in [0, 0.1) is 11.3 Å². The first-order valence-electron chi connectivity index (χ1n) is 11.3. The van der Waals surface area contributed by atoms with Crippen LogP contribution in [0.1, 0.15) is 26.4 Å². The summed E-state index contributed by atoms with van der Waals surface area (Å²) >= 11 is 1.30. The highest BCUT2D eigenvalue weighted by molar-refractivity contribution is 7.16. The summed E-state index contributed by atoms with van der Waals surface area (Å²) in [6.45, 7) is 1.80. The summed E-state index contributed by atoms with van der Waals surface area (Å²) in [6.07, 6.45) is 3.57. The number of amides is 3. The molecule has 3 aromatic rings. The standard InChI is InChI=1S/C24H26N6O5S/c1-34-18-4-2-17(3-5-18)27-24(33)29-7-6-19-20(12-25)23(36-21(19)15-29)28-22(32)16-13-26-30(14-16)8-10-35-11-9-31/h2-5,13-14,31H,6-11,15H2,1H3,(H,27,33)(H,28,32). The van der Waals surface area contributed by atoms with Crippen LogP contribution in [0.4, 0.5) is 15.5 Å². The van der Waals surface area contributed by atoms with Gasteiger partial charge in [0, 0.05) is 23.3 Å². The number of anilines is 2. The summed E-state index contributed by atoms with van der Waals surface area (Å²) in [4.78, 5) is 28.1. The Morgan fingerprint density at radius 2 is 2.06 bits per heavy atom.